The Labute approximate surface area is 135 Å². The Balaban J connectivity index is 1.81. The number of halogens is 1. The van der Waals surface area contributed by atoms with E-state index >= 15 is 0 Å². The Morgan fingerprint density at radius 3 is 2.68 bits per heavy atom. The van der Waals surface area contributed by atoms with Crippen LogP contribution in [0.1, 0.15) is 15.2 Å². The van der Waals surface area contributed by atoms with Crippen molar-refractivity contribution >= 4 is 34.8 Å². The Bertz CT molecular complexity index is 739. The smallest absolute Gasteiger partial charge is 0.279 e. The summed E-state index contributed by atoms with van der Waals surface area (Å²) < 4.78 is 5.71. The van der Waals surface area contributed by atoms with Crippen LogP contribution in [0.25, 0.3) is 0 Å². The third kappa shape index (κ3) is 4.22. The van der Waals surface area contributed by atoms with Crippen molar-refractivity contribution in [1.82, 2.24) is 10.9 Å². The van der Waals surface area contributed by atoms with Gasteiger partial charge in [-0.15, -0.1) is 11.3 Å². The maximum Gasteiger partial charge on any atom is 0.279 e. The van der Waals surface area contributed by atoms with E-state index in [0.717, 1.165) is 11.3 Å². The maximum absolute atomic E-state index is 11.7. The number of hydrazine groups is 1. The number of nitrogens with one attached hydrogen (secondary N) is 2. The van der Waals surface area contributed by atoms with E-state index in [0.29, 0.717) is 20.5 Å². The number of carbonyl (C=O) groups is 2. The van der Waals surface area contributed by atoms with Crippen molar-refractivity contribution in [1.29, 1.82) is 5.26 Å². The van der Waals surface area contributed by atoms with Crippen LogP contribution in [0.5, 0.6) is 5.75 Å². The Hall–Kier alpha value is -2.56. The lowest BCUT2D eigenvalue weighted by Gasteiger charge is -2.08. The first-order valence-electron chi connectivity index (χ1n) is 6.06. The van der Waals surface area contributed by atoms with Gasteiger partial charge in [-0.25, -0.2) is 0 Å². The van der Waals surface area contributed by atoms with E-state index in [1.165, 1.54) is 0 Å². The number of nitriles is 1. The SMILES string of the molecule is N#Cc1ccccc1OCC(=O)NNC(=O)c1ccc(Cl)s1. The predicted molar refractivity (Wildman–Crippen MR) is 81.6 cm³/mol. The number of ether oxygens (including phenoxy) is 1. The van der Waals surface area contributed by atoms with Crippen LogP contribution in [0, 0.1) is 11.3 Å². The standard InChI is InChI=1S/C14H10ClN3O3S/c15-12-6-5-11(22-12)14(20)18-17-13(19)8-21-10-4-2-1-3-9(10)7-16/h1-6H,8H2,(H,17,19)(H,18,20). The number of amides is 2. The van der Waals surface area contributed by atoms with Crippen LogP contribution < -0.4 is 15.6 Å². The minimum atomic E-state index is -0.552. The van der Waals surface area contributed by atoms with Gasteiger partial charge in [0.1, 0.15) is 11.8 Å². The summed E-state index contributed by atoms with van der Waals surface area (Å²) in [6.07, 6.45) is 0. The van der Waals surface area contributed by atoms with Gasteiger partial charge in [0.25, 0.3) is 11.8 Å². The number of carbonyl (C=O) groups excluding carboxylic acids is 2. The average Bonchev–Trinajstić information content (AvgIpc) is 2.97. The molecule has 6 nitrogen and oxygen atoms in total. The van der Waals surface area contributed by atoms with Crippen molar-refractivity contribution in [2.24, 2.45) is 0 Å². The van der Waals surface area contributed by atoms with Gasteiger partial charge in [0.15, 0.2) is 6.61 Å². The van der Waals surface area contributed by atoms with Gasteiger partial charge in [0.2, 0.25) is 0 Å². The van der Waals surface area contributed by atoms with Crippen LogP contribution in [-0.4, -0.2) is 18.4 Å². The molecular formula is C14H10ClN3O3S. The zero-order chi connectivity index (χ0) is 15.9. The number of thiophene rings is 1. The molecule has 0 saturated carbocycles. The molecule has 0 bridgehead atoms. The van der Waals surface area contributed by atoms with Crippen LogP contribution in [0.4, 0.5) is 0 Å². The molecule has 1 heterocycles. The van der Waals surface area contributed by atoms with E-state index in [1.807, 2.05) is 6.07 Å². The average molecular weight is 336 g/mol. The van der Waals surface area contributed by atoms with Crippen LogP contribution in [0.3, 0.4) is 0 Å². The highest BCUT2D eigenvalue weighted by Crippen LogP contribution is 2.20. The second-order valence-electron chi connectivity index (χ2n) is 4.00. The minimum Gasteiger partial charge on any atom is -0.482 e. The molecule has 2 aromatic rings. The first kappa shape index (κ1) is 15.8. The second kappa shape index (κ2) is 7.45. The number of hydrogen-bond donors (Lipinski definition) is 2. The van der Waals surface area contributed by atoms with E-state index in [1.54, 1.807) is 36.4 Å². The number of hydrogen-bond acceptors (Lipinski definition) is 5. The summed E-state index contributed by atoms with van der Waals surface area (Å²) in [5, 5.41) is 8.89. The quantitative estimate of drug-likeness (QED) is 0.837. The van der Waals surface area contributed by atoms with Crippen molar-refractivity contribution in [2.45, 2.75) is 0 Å². The molecule has 0 aliphatic rings. The lowest BCUT2D eigenvalue weighted by molar-refractivity contribution is -0.123. The monoisotopic (exact) mass is 335 g/mol. The van der Waals surface area contributed by atoms with E-state index in [9.17, 15) is 9.59 Å². The molecule has 0 aliphatic heterocycles. The Morgan fingerprint density at radius 1 is 1.23 bits per heavy atom. The summed E-state index contributed by atoms with van der Waals surface area (Å²) in [4.78, 5) is 23.7. The van der Waals surface area contributed by atoms with Gasteiger partial charge in [-0.1, -0.05) is 23.7 Å². The number of para-hydroxylation sites is 1. The Kier molecular flexibility index (Phi) is 5.36. The summed E-state index contributed by atoms with van der Waals surface area (Å²) in [5.41, 5.74) is 4.79. The molecule has 0 unspecified atom stereocenters. The summed E-state index contributed by atoms with van der Waals surface area (Å²) >= 11 is 6.82. The lowest BCUT2D eigenvalue weighted by Crippen LogP contribution is -2.43. The molecule has 1 aromatic carbocycles. The second-order valence-corrected chi connectivity index (χ2v) is 5.72. The molecule has 0 aliphatic carbocycles. The first-order chi connectivity index (χ1) is 10.6. The fourth-order valence-corrected chi connectivity index (χ4v) is 2.43. The summed E-state index contributed by atoms with van der Waals surface area (Å²) in [7, 11) is 0. The minimum absolute atomic E-state index is 0.302. The third-order valence-corrected chi connectivity index (χ3v) is 3.71. The van der Waals surface area contributed by atoms with Gasteiger partial charge in [0.05, 0.1) is 14.8 Å². The molecule has 0 saturated heterocycles. The van der Waals surface area contributed by atoms with E-state index < -0.39 is 11.8 Å². The highest BCUT2D eigenvalue weighted by Gasteiger charge is 2.10. The first-order valence-corrected chi connectivity index (χ1v) is 7.26. The summed E-state index contributed by atoms with van der Waals surface area (Å²) in [6, 6.07) is 11.6. The zero-order valence-electron chi connectivity index (χ0n) is 11.1. The predicted octanol–water partition coefficient (Wildman–Crippen LogP) is 2.11. The molecule has 2 rings (SSSR count). The highest BCUT2D eigenvalue weighted by atomic mass is 35.5. The largest absolute Gasteiger partial charge is 0.482 e. The van der Waals surface area contributed by atoms with Crippen molar-refractivity contribution in [3.8, 4) is 11.8 Å². The summed E-state index contributed by atoms with van der Waals surface area (Å²) in [6.45, 7) is -0.329. The van der Waals surface area contributed by atoms with Gasteiger partial charge in [-0.3, -0.25) is 20.4 Å². The molecule has 0 atom stereocenters. The number of nitrogens with zero attached hydrogens (tertiary/aromatic N) is 1. The molecule has 0 fully saturated rings. The van der Waals surface area contributed by atoms with Crippen LogP contribution >= 0.6 is 22.9 Å². The third-order valence-electron chi connectivity index (χ3n) is 2.48. The van der Waals surface area contributed by atoms with E-state index in [4.69, 9.17) is 21.6 Å². The van der Waals surface area contributed by atoms with E-state index in [-0.39, 0.29) is 6.61 Å². The fraction of sp³-hybridized carbons (Fsp3) is 0.0714. The van der Waals surface area contributed by atoms with Gasteiger partial charge in [-0.2, -0.15) is 5.26 Å². The molecule has 0 radical (unpaired) electrons. The van der Waals surface area contributed by atoms with E-state index in [2.05, 4.69) is 10.9 Å². The van der Waals surface area contributed by atoms with Gasteiger partial charge < -0.3 is 4.74 Å². The van der Waals surface area contributed by atoms with Crippen molar-refractivity contribution < 1.29 is 14.3 Å². The van der Waals surface area contributed by atoms with Gasteiger partial charge in [0, 0.05) is 0 Å². The van der Waals surface area contributed by atoms with Crippen molar-refractivity contribution in [3.63, 3.8) is 0 Å². The lowest BCUT2D eigenvalue weighted by atomic mass is 10.2. The molecule has 0 spiro atoms. The van der Waals surface area contributed by atoms with Crippen LogP contribution in [0.15, 0.2) is 36.4 Å². The van der Waals surface area contributed by atoms with Crippen molar-refractivity contribution in [3.05, 3.63) is 51.2 Å². The van der Waals surface area contributed by atoms with Crippen molar-refractivity contribution in [2.75, 3.05) is 6.61 Å². The number of benzene rings is 1. The molecule has 1 aromatic heterocycles. The van der Waals surface area contributed by atoms with Gasteiger partial charge in [-0.05, 0) is 24.3 Å². The van der Waals surface area contributed by atoms with Crippen LogP contribution in [-0.2, 0) is 4.79 Å². The molecule has 8 heteroatoms. The normalized spacial score (nSPS) is 9.64. The number of rotatable bonds is 4. The van der Waals surface area contributed by atoms with Crippen LogP contribution in [0.2, 0.25) is 4.34 Å². The molecule has 2 N–H and O–H groups in total. The summed E-state index contributed by atoms with van der Waals surface area (Å²) in [5.74, 6) is -0.720. The highest BCUT2D eigenvalue weighted by molar-refractivity contribution is 7.17. The molecule has 112 valence electrons. The maximum atomic E-state index is 11.7. The van der Waals surface area contributed by atoms with Gasteiger partial charge >= 0.3 is 0 Å². The molecular weight excluding hydrogens is 326 g/mol. The Morgan fingerprint density at radius 2 is 2.00 bits per heavy atom. The molecule has 22 heavy (non-hydrogen) atoms. The topological polar surface area (TPSA) is 91.2 Å². The zero-order valence-corrected chi connectivity index (χ0v) is 12.7. The fourth-order valence-electron chi connectivity index (χ4n) is 1.49. The molecule has 2 amide bonds.